The molecular formula is C11H21NO2. The van der Waals surface area contributed by atoms with Crippen molar-refractivity contribution in [1.82, 2.24) is 0 Å². The lowest BCUT2D eigenvalue weighted by molar-refractivity contribution is -0.111. The van der Waals surface area contributed by atoms with E-state index in [9.17, 15) is 0 Å². The zero-order chi connectivity index (χ0) is 10.0. The Morgan fingerprint density at radius 1 is 1.36 bits per heavy atom. The van der Waals surface area contributed by atoms with Crippen LogP contribution < -0.4 is 5.73 Å². The van der Waals surface area contributed by atoms with Crippen molar-refractivity contribution in [3.8, 4) is 0 Å². The van der Waals surface area contributed by atoms with Crippen LogP contribution in [-0.2, 0) is 9.47 Å². The Bertz CT molecular complexity index is 180. The molecule has 0 aromatic rings. The number of ether oxygens (including phenoxy) is 2. The van der Waals surface area contributed by atoms with Gasteiger partial charge in [0.15, 0.2) is 0 Å². The van der Waals surface area contributed by atoms with E-state index >= 15 is 0 Å². The minimum Gasteiger partial charge on any atom is -0.381 e. The monoisotopic (exact) mass is 199 g/mol. The van der Waals surface area contributed by atoms with Gasteiger partial charge in [-0.05, 0) is 38.0 Å². The van der Waals surface area contributed by atoms with Gasteiger partial charge in [-0.25, -0.2) is 0 Å². The van der Waals surface area contributed by atoms with E-state index in [2.05, 4.69) is 0 Å². The van der Waals surface area contributed by atoms with Crippen LogP contribution in [-0.4, -0.2) is 32.0 Å². The second kappa shape index (κ2) is 4.17. The SMILES string of the molecule is COC1(C(N)C2CCOCC2)CCC1. The van der Waals surface area contributed by atoms with E-state index in [1.54, 1.807) is 7.11 Å². The predicted molar refractivity (Wildman–Crippen MR) is 55.1 cm³/mol. The highest BCUT2D eigenvalue weighted by Gasteiger charge is 2.45. The molecule has 14 heavy (non-hydrogen) atoms. The van der Waals surface area contributed by atoms with E-state index < -0.39 is 0 Å². The molecule has 0 bridgehead atoms. The number of hydrogen-bond donors (Lipinski definition) is 1. The molecule has 3 heteroatoms. The number of nitrogens with two attached hydrogens (primary N) is 1. The third-order valence-corrected chi connectivity index (χ3v) is 3.99. The quantitative estimate of drug-likeness (QED) is 0.745. The fraction of sp³-hybridized carbons (Fsp3) is 1.00. The standard InChI is InChI=1S/C11H21NO2/c1-13-11(5-2-6-11)10(12)9-3-7-14-8-4-9/h9-10H,2-8,12H2,1H3. The topological polar surface area (TPSA) is 44.5 Å². The molecule has 2 N–H and O–H groups in total. The van der Waals surface area contributed by atoms with E-state index in [0.29, 0.717) is 5.92 Å². The Morgan fingerprint density at radius 3 is 2.43 bits per heavy atom. The Hall–Kier alpha value is -0.120. The number of methoxy groups -OCH3 is 1. The molecule has 82 valence electrons. The fourth-order valence-electron chi connectivity index (χ4n) is 2.70. The number of rotatable bonds is 3. The summed E-state index contributed by atoms with van der Waals surface area (Å²) in [4.78, 5) is 0. The lowest BCUT2D eigenvalue weighted by Gasteiger charge is -2.48. The zero-order valence-corrected chi connectivity index (χ0v) is 9.00. The Labute approximate surface area is 85.9 Å². The van der Waals surface area contributed by atoms with Gasteiger partial charge in [0.2, 0.25) is 0 Å². The molecule has 0 amide bonds. The van der Waals surface area contributed by atoms with Crippen LogP contribution in [0, 0.1) is 5.92 Å². The van der Waals surface area contributed by atoms with Gasteiger partial charge in [-0.1, -0.05) is 0 Å². The summed E-state index contributed by atoms with van der Waals surface area (Å²) in [6.45, 7) is 1.75. The van der Waals surface area contributed by atoms with Crippen LogP contribution in [0.4, 0.5) is 0 Å². The largest absolute Gasteiger partial charge is 0.381 e. The molecule has 1 unspecified atom stereocenters. The predicted octanol–water partition coefficient (Wildman–Crippen LogP) is 1.31. The van der Waals surface area contributed by atoms with Gasteiger partial charge in [-0.3, -0.25) is 0 Å². The van der Waals surface area contributed by atoms with Crippen molar-refractivity contribution in [2.45, 2.75) is 43.7 Å². The summed E-state index contributed by atoms with van der Waals surface area (Å²) in [5.74, 6) is 0.601. The first-order valence-electron chi connectivity index (χ1n) is 5.67. The van der Waals surface area contributed by atoms with Crippen LogP contribution in [0.15, 0.2) is 0 Å². The lowest BCUT2D eigenvalue weighted by Crippen LogP contribution is -2.58. The van der Waals surface area contributed by atoms with Crippen LogP contribution >= 0.6 is 0 Å². The number of hydrogen-bond acceptors (Lipinski definition) is 3. The molecule has 2 rings (SSSR count). The van der Waals surface area contributed by atoms with Gasteiger partial charge in [0, 0.05) is 26.4 Å². The van der Waals surface area contributed by atoms with E-state index in [1.807, 2.05) is 0 Å². The third-order valence-electron chi connectivity index (χ3n) is 3.99. The molecule has 1 aliphatic heterocycles. The summed E-state index contributed by atoms with van der Waals surface area (Å²) < 4.78 is 11.0. The molecular weight excluding hydrogens is 178 g/mol. The van der Waals surface area contributed by atoms with Crippen LogP contribution in [0.3, 0.4) is 0 Å². The molecule has 0 aromatic heterocycles. The Kier molecular flexibility index (Phi) is 3.10. The Morgan fingerprint density at radius 2 is 2.00 bits per heavy atom. The summed E-state index contributed by atoms with van der Waals surface area (Å²) in [6, 6.07) is 0.213. The van der Waals surface area contributed by atoms with Gasteiger partial charge in [0.25, 0.3) is 0 Å². The average Bonchev–Trinajstić information content (AvgIpc) is 2.18. The van der Waals surface area contributed by atoms with Gasteiger partial charge in [0.05, 0.1) is 5.60 Å². The Balaban J connectivity index is 1.94. The maximum Gasteiger partial charge on any atom is 0.0831 e. The normalized spacial score (nSPS) is 29.6. The minimum absolute atomic E-state index is 0.00199. The smallest absolute Gasteiger partial charge is 0.0831 e. The second-order valence-electron chi connectivity index (χ2n) is 4.60. The van der Waals surface area contributed by atoms with Crippen molar-refractivity contribution in [1.29, 1.82) is 0 Å². The molecule has 0 aromatic carbocycles. The maximum atomic E-state index is 6.32. The summed E-state index contributed by atoms with van der Waals surface area (Å²) in [7, 11) is 1.80. The molecule has 2 aliphatic rings. The van der Waals surface area contributed by atoms with Crippen molar-refractivity contribution in [3.63, 3.8) is 0 Å². The van der Waals surface area contributed by atoms with Gasteiger partial charge < -0.3 is 15.2 Å². The van der Waals surface area contributed by atoms with Crippen LogP contribution in [0.2, 0.25) is 0 Å². The highest BCUT2D eigenvalue weighted by molar-refractivity contribution is 5.01. The highest BCUT2D eigenvalue weighted by Crippen LogP contribution is 2.41. The van der Waals surface area contributed by atoms with Crippen molar-refractivity contribution < 1.29 is 9.47 Å². The molecule has 0 radical (unpaired) electrons. The molecule has 1 aliphatic carbocycles. The van der Waals surface area contributed by atoms with Gasteiger partial charge in [-0.2, -0.15) is 0 Å². The molecule has 1 saturated heterocycles. The molecule has 3 nitrogen and oxygen atoms in total. The summed E-state index contributed by atoms with van der Waals surface area (Å²) in [5, 5.41) is 0. The summed E-state index contributed by atoms with van der Waals surface area (Å²) >= 11 is 0. The second-order valence-corrected chi connectivity index (χ2v) is 4.60. The molecule has 0 spiro atoms. The molecule has 1 saturated carbocycles. The summed E-state index contributed by atoms with van der Waals surface area (Å²) in [5.41, 5.74) is 6.32. The summed E-state index contributed by atoms with van der Waals surface area (Å²) in [6.07, 6.45) is 5.76. The maximum absolute atomic E-state index is 6.32. The van der Waals surface area contributed by atoms with Crippen LogP contribution in [0.5, 0.6) is 0 Å². The lowest BCUT2D eigenvalue weighted by atomic mass is 9.69. The van der Waals surface area contributed by atoms with Gasteiger partial charge in [-0.15, -0.1) is 0 Å². The first kappa shape index (κ1) is 10.4. The van der Waals surface area contributed by atoms with Crippen LogP contribution in [0.25, 0.3) is 0 Å². The molecule has 2 fully saturated rings. The van der Waals surface area contributed by atoms with Gasteiger partial charge in [0.1, 0.15) is 0 Å². The van der Waals surface area contributed by atoms with E-state index in [1.165, 1.54) is 6.42 Å². The third kappa shape index (κ3) is 1.69. The van der Waals surface area contributed by atoms with Crippen LogP contribution in [0.1, 0.15) is 32.1 Å². The van der Waals surface area contributed by atoms with E-state index in [0.717, 1.165) is 38.9 Å². The first-order valence-corrected chi connectivity index (χ1v) is 5.67. The zero-order valence-electron chi connectivity index (χ0n) is 9.00. The molecule has 1 heterocycles. The molecule has 1 atom stereocenters. The highest BCUT2D eigenvalue weighted by atomic mass is 16.5. The fourth-order valence-corrected chi connectivity index (χ4v) is 2.70. The van der Waals surface area contributed by atoms with Gasteiger partial charge >= 0.3 is 0 Å². The van der Waals surface area contributed by atoms with Crippen molar-refractivity contribution >= 4 is 0 Å². The van der Waals surface area contributed by atoms with Crippen molar-refractivity contribution in [2.75, 3.05) is 20.3 Å². The van der Waals surface area contributed by atoms with E-state index in [-0.39, 0.29) is 11.6 Å². The van der Waals surface area contributed by atoms with Crippen molar-refractivity contribution in [3.05, 3.63) is 0 Å². The van der Waals surface area contributed by atoms with Crippen molar-refractivity contribution in [2.24, 2.45) is 11.7 Å². The average molecular weight is 199 g/mol. The van der Waals surface area contributed by atoms with E-state index in [4.69, 9.17) is 15.2 Å². The first-order chi connectivity index (χ1) is 6.78. The minimum atomic E-state index is 0.00199.